The van der Waals surface area contributed by atoms with Gasteiger partial charge in [-0.05, 0) is 42.0 Å². The molecule has 2 rings (SSSR count). The molecule has 6 nitrogen and oxygen atoms in total. The molecular formula is C15H20N2O4. The van der Waals surface area contributed by atoms with Gasteiger partial charge in [0.15, 0.2) is 6.61 Å². The van der Waals surface area contributed by atoms with Gasteiger partial charge >= 0.3 is 12.0 Å². The Hall–Kier alpha value is -2.24. The Balaban J connectivity index is 1.74. The first-order chi connectivity index (χ1) is 9.87. The third kappa shape index (κ3) is 4.66. The summed E-state index contributed by atoms with van der Waals surface area (Å²) in [6.45, 7) is 4.67. The largest absolute Gasteiger partial charge is 0.482 e. The second-order valence-corrected chi connectivity index (χ2v) is 5.93. The quantitative estimate of drug-likeness (QED) is 0.751. The maximum Gasteiger partial charge on any atom is 0.341 e. The third-order valence-corrected chi connectivity index (χ3v) is 3.70. The summed E-state index contributed by atoms with van der Waals surface area (Å²) in [5.41, 5.74) is 0.974. The molecule has 1 aromatic carbocycles. The molecule has 2 amide bonds. The Morgan fingerprint density at radius 3 is 2.48 bits per heavy atom. The van der Waals surface area contributed by atoms with E-state index in [9.17, 15) is 9.59 Å². The molecule has 0 heterocycles. The number of carbonyl (C=O) groups is 2. The van der Waals surface area contributed by atoms with Crippen molar-refractivity contribution in [3.63, 3.8) is 0 Å². The highest BCUT2D eigenvalue weighted by Gasteiger charge is 2.45. The van der Waals surface area contributed by atoms with E-state index in [0.29, 0.717) is 29.3 Å². The summed E-state index contributed by atoms with van der Waals surface area (Å²) < 4.78 is 5.01. The van der Waals surface area contributed by atoms with Crippen LogP contribution in [0.1, 0.15) is 20.3 Å². The molecule has 114 valence electrons. The van der Waals surface area contributed by atoms with Gasteiger partial charge in [-0.2, -0.15) is 0 Å². The average molecular weight is 292 g/mol. The molecule has 21 heavy (non-hydrogen) atoms. The summed E-state index contributed by atoms with van der Waals surface area (Å²) >= 11 is 0. The van der Waals surface area contributed by atoms with Gasteiger partial charge in [0, 0.05) is 12.2 Å². The second-order valence-electron chi connectivity index (χ2n) is 5.93. The molecule has 1 atom stereocenters. The summed E-state index contributed by atoms with van der Waals surface area (Å²) in [4.78, 5) is 22.1. The first-order valence-electron chi connectivity index (χ1n) is 6.86. The topological polar surface area (TPSA) is 87.7 Å². The number of ether oxygens (including phenoxy) is 1. The molecule has 0 aliphatic heterocycles. The number of carbonyl (C=O) groups excluding carboxylic acids is 1. The predicted octanol–water partition coefficient (Wildman–Crippen LogP) is 2.32. The van der Waals surface area contributed by atoms with Crippen LogP contribution in [-0.2, 0) is 4.79 Å². The number of nitrogens with one attached hydrogen (secondary N) is 2. The van der Waals surface area contributed by atoms with Crippen LogP contribution in [-0.4, -0.2) is 30.3 Å². The molecule has 1 aromatic rings. The molecule has 1 fully saturated rings. The van der Waals surface area contributed by atoms with Crippen LogP contribution >= 0.6 is 0 Å². The van der Waals surface area contributed by atoms with Crippen molar-refractivity contribution in [3.05, 3.63) is 24.3 Å². The lowest BCUT2D eigenvalue weighted by molar-refractivity contribution is -0.139. The Labute approximate surface area is 123 Å². The van der Waals surface area contributed by atoms with E-state index in [2.05, 4.69) is 24.5 Å². The normalized spacial score (nSPS) is 18.7. The summed E-state index contributed by atoms with van der Waals surface area (Å²) in [6, 6.07) is 6.32. The number of anilines is 1. The first kappa shape index (κ1) is 15.2. The lowest BCUT2D eigenvalue weighted by Gasteiger charge is -2.09. The molecule has 6 heteroatoms. The van der Waals surface area contributed by atoms with Crippen molar-refractivity contribution in [2.45, 2.75) is 20.3 Å². The number of carboxylic acids is 1. The van der Waals surface area contributed by atoms with Gasteiger partial charge in [-0.1, -0.05) is 13.8 Å². The number of aliphatic carboxylic acids is 1. The summed E-state index contributed by atoms with van der Waals surface area (Å²) in [6.07, 6.45) is 1.14. The number of benzene rings is 1. The highest BCUT2D eigenvalue weighted by Crippen LogP contribution is 2.50. The van der Waals surface area contributed by atoms with Gasteiger partial charge in [0.05, 0.1) is 0 Å². The fourth-order valence-corrected chi connectivity index (χ4v) is 2.10. The van der Waals surface area contributed by atoms with Crippen molar-refractivity contribution >= 4 is 17.7 Å². The fourth-order valence-electron chi connectivity index (χ4n) is 2.10. The fraction of sp³-hybridized carbons (Fsp3) is 0.467. The van der Waals surface area contributed by atoms with Gasteiger partial charge < -0.3 is 20.5 Å². The highest BCUT2D eigenvalue weighted by molar-refractivity contribution is 5.89. The third-order valence-electron chi connectivity index (χ3n) is 3.70. The monoisotopic (exact) mass is 292 g/mol. The van der Waals surface area contributed by atoms with Crippen LogP contribution in [0.15, 0.2) is 24.3 Å². The van der Waals surface area contributed by atoms with Gasteiger partial charge in [0.1, 0.15) is 5.75 Å². The number of urea groups is 1. The van der Waals surface area contributed by atoms with Crippen LogP contribution in [0.3, 0.4) is 0 Å². The first-order valence-corrected chi connectivity index (χ1v) is 6.86. The lowest BCUT2D eigenvalue weighted by atomic mass is 10.1. The second kappa shape index (κ2) is 6.03. The van der Waals surface area contributed by atoms with E-state index in [1.165, 1.54) is 0 Å². The maximum absolute atomic E-state index is 11.7. The van der Waals surface area contributed by atoms with Gasteiger partial charge in [-0.15, -0.1) is 0 Å². The van der Waals surface area contributed by atoms with E-state index in [4.69, 9.17) is 9.84 Å². The van der Waals surface area contributed by atoms with Crippen molar-refractivity contribution in [2.24, 2.45) is 11.3 Å². The van der Waals surface area contributed by atoms with E-state index < -0.39 is 5.97 Å². The number of amides is 2. The molecule has 0 saturated heterocycles. The van der Waals surface area contributed by atoms with Crippen LogP contribution in [0.5, 0.6) is 5.75 Å². The SMILES string of the molecule is CC1(C)CC1CNC(=O)Nc1ccc(OCC(=O)O)cc1. The minimum Gasteiger partial charge on any atom is -0.482 e. The van der Waals surface area contributed by atoms with E-state index in [0.717, 1.165) is 6.42 Å². The molecule has 1 unspecified atom stereocenters. The molecule has 0 bridgehead atoms. The highest BCUT2D eigenvalue weighted by atomic mass is 16.5. The Morgan fingerprint density at radius 1 is 1.33 bits per heavy atom. The summed E-state index contributed by atoms with van der Waals surface area (Å²) in [5, 5.41) is 14.1. The molecule has 1 aliphatic carbocycles. The van der Waals surface area contributed by atoms with Crippen molar-refractivity contribution in [1.82, 2.24) is 5.32 Å². The Morgan fingerprint density at radius 2 is 1.95 bits per heavy atom. The minimum absolute atomic E-state index is 0.239. The van der Waals surface area contributed by atoms with Gasteiger partial charge in [-0.25, -0.2) is 9.59 Å². The summed E-state index contributed by atoms with van der Waals surface area (Å²) in [5.74, 6) is -0.0299. The summed E-state index contributed by atoms with van der Waals surface area (Å²) in [7, 11) is 0. The van der Waals surface area contributed by atoms with E-state index >= 15 is 0 Å². The van der Waals surface area contributed by atoms with Crippen LogP contribution in [0, 0.1) is 11.3 Å². The molecule has 1 aliphatic rings. The van der Waals surface area contributed by atoms with Gasteiger partial charge in [0.25, 0.3) is 0 Å². The lowest BCUT2D eigenvalue weighted by Crippen LogP contribution is -2.31. The van der Waals surface area contributed by atoms with Gasteiger partial charge in [-0.3, -0.25) is 0 Å². The zero-order valence-electron chi connectivity index (χ0n) is 12.2. The van der Waals surface area contributed by atoms with Crippen molar-refractivity contribution in [3.8, 4) is 5.75 Å². The molecule has 0 radical (unpaired) electrons. The van der Waals surface area contributed by atoms with Crippen LogP contribution in [0.2, 0.25) is 0 Å². The van der Waals surface area contributed by atoms with E-state index in [1.54, 1.807) is 24.3 Å². The Bertz CT molecular complexity index is 525. The van der Waals surface area contributed by atoms with Crippen molar-refractivity contribution in [1.29, 1.82) is 0 Å². The maximum atomic E-state index is 11.7. The van der Waals surface area contributed by atoms with Crippen LogP contribution in [0.25, 0.3) is 0 Å². The van der Waals surface area contributed by atoms with Gasteiger partial charge in [0.2, 0.25) is 0 Å². The van der Waals surface area contributed by atoms with Crippen molar-refractivity contribution < 1.29 is 19.4 Å². The van der Waals surface area contributed by atoms with Crippen LogP contribution in [0.4, 0.5) is 10.5 Å². The van der Waals surface area contributed by atoms with E-state index in [1.807, 2.05) is 0 Å². The van der Waals surface area contributed by atoms with E-state index in [-0.39, 0.29) is 12.6 Å². The predicted molar refractivity (Wildman–Crippen MR) is 78.5 cm³/mol. The number of hydrogen-bond donors (Lipinski definition) is 3. The standard InChI is InChI=1S/C15H20N2O4/c1-15(2)7-10(15)8-16-14(20)17-11-3-5-12(6-4-11)21-9-13(18)19/h3-6,10H,7-9H2,1-2H3,(H,18,19)(H2,16,17,20). The molecule has 0 spiro atoms. The number of hydrogen-bond acceptors (Lipinski definition) is 3. The minimum atomic E-state index is -1.03. The number of rotatable bonds is 6. The number of carboxylic acid groups (broad SMARTS) is 1. The smallest absolute Gasteiger partial charge is 0.341 e. The van der Waals surface area contributed by atoms with Crippen LogP contribution < -0.4 is 15.4 Å². The Kier molecular flexibility index (Phi) is 4.35. The molecule has 3 N–H and O–H groups in total. The zero-order chi connectivity index (χ0) is 15.5. The zero-order valence-corrected chi connectivity index (χ0v) is 12.2. The molecular weight excluding hydrogens is 272 g/mol. The van der Waals surface area contributed by atoms with Crippen molar-refractivity contribution in [2.75, 3.05) is 18.5 Å². The molecule has 1 saturated carbocycles. The average Bonchev–Trinajstić information content (AvgIpc) is 3.03. The molecule has 0 aromatic heterocycles.